The largest absolute Gasteiger partial charge is 0.472 e. The maximum absolute atomic E-state index is 12.7. The van der Waals surface area contributed by atoms with Crippen molar-refractivity contribution >= 4 is 19.8 Å². The number of unbranched alkanes of at least 4 members (excludes halogenated alkanes) is 34. The van der Waals surface area contributed by atoms with Gasteiger partial charge in [0.1, 0.15) is 6.61 Å². The van der Waals surface area contributed by atoms with Crippen LogP contribution < -0.4 is 5.73 Å². The van der Waals surface area contributed by atoms with Crippen LogP contribution in [0.4, 0.5) is 0 Å². The zero-order valence-corrected chi connectivity index (χ0v) is 49.7. The van der Waals surface area contributed by atoms with Gasteiger partial charge in [-0.1, -0.05) is 273 Å². The number of phosphoric ester groups is 1. The first-order chi connectivity index (χ1) is 36.8. The number of carbonyl (C=O) groups is 2. The van der Waals surface area contributed by atoms with E-state index < -0.39 is 26.5 Å². The van der Waals surface area contributed by atoms with E-state index in [9.17, 15) is 19.0 Å². The standard InChI is InChI=1S/C65H118NO8P/c1-3-5-7-9-11-13-15-17-19-21-22-23-24-25-26-27-28-29-30-31-32-33-34-35-36-37-38-39-40-42-43-45-47-49-51-53-55-57-64(67)71-61-63(62-73-75(69,70)72-60-59-66)74-65(68)58-56-54-52-50-48-46-44-41-20-18-16-14-12-10-8-6-4-2/h6,8,12,14-15,17-18,20-22,44,46,63H,3-5,7,9-11,13,16,19,23-43,45,47-62,66H2,1-2H3,(H,69,70)/b8-6-,14-12-,17-15-,20-18-,22-21-,46-44-. The third kappa shape index (κ3) is 60.5. The molecule has 0 radical (unpaired) electrons. The van der Waals surface area contributed by atoms with Crippen LogP contribution in [-0.4, -0.2) is 49.3 Å². The molecule has 3 N–H and O–H groups in total. The average Bonchev–Trinajstić information content (AvgIpc) is 3.40. The Morgan fingerprint density at radius 1 is 0.413 bits per heavy atom. The average molecular weight is 1070 g/mol. The number of phosphoric acid groups is 1. The van der Waals surface area contributed by atoms with Crippen molar-refractivity contribution in [3.63, 3.8) is 0 Å². The number of ether oxygens (including phenoxy) is 2. The lowest BCUT2D eigenvalue weighted by Crippen LogP contribution is -2.29. The van der Waals surface area contributed by atoms with Gasteiger partial charge >= 0.3 is 19.8 Å². The summed E-state index contributed by atoms with van der Waals surface area (Å²) < 4.78 is 33.0. The van der Waals surface area contributed by atoms with Crippen LogP contribution in [0.25, 0.3) is 0 Å². The summed E-state index contributed by atoms with van der Waals surface area (Å²) in [4.78, 5) is 35.2. The summed E-state index contributed by atoms with van der Waals surface area (Å²) in [5.41, 5.74) is 5.38. The predicted molar refractivity (Wildman–Crippen MR) is 321 cm³/mol. The molecule has 2 atom stereocenters. The minimum atomic E-state index is -4.40. The van der Waals surface area contributed by atoms with E-state index >= 15 is 0 Å². The highest BCUT2D eigenvalue weighted by atomic mass is 31.2. The zero-order valence-electron chi connectivity index (χ0n) is 48.8. The molecule has 436 valence electrons. The normalized spacial score (nSPS) is 13.5. The van der Waals surface area contributed by atoms with Gasteiger partial charge in [-0.3, -0.25) is 18.6 Å². The Balaban J connectivity index is 3.81. The Hall–Kier alpha value is -2.55. The monoisotopic (exact) mass is 1070 g/mol. The fourth-order valence-corrected chi connectivity index (χ4v) is 9.72. The van der Waals surface area contributed by atoms with Crippen LogP contribution in [0.15, 0.2) is 72.9 Å². The number of hydrogen-bond donors (Lipinski definition) is 2. The Bertz CT molecular complexity index is 1460. The Morgan fingerprint density at radius 3 is 1.09 bits per heavy atom. The van der Waals surface area contributed by atoms with Gasteiger partial charge in [-0.05, 0) is 83.5 Å². The summed E-state index contributed by atoms with van der Waals surface area (Å²) in [6.07, 6.45) is 78.6. The summed E-state index contributed by atoms with van der Waals surface area (Å²) in [6.45, 7) is 3.61. The van der Waals surface area contributed by atoms with Gasteiger partial charge < -0.3 is 20.1 Å². The van der Waals surface area contributed by atoms with Gasteiger partial charge in [-0.15, -0.1) is 0 Å². The molecule has 0 aromatic heterocycles. The molecule has 0 aliphatic rings. The Morgan fingerprint density at radius 2 is 0.733 bits per heavy atom. The summed E-state index contributed by atoms with van der Waals surface area (Å²) in [6, 6.07) is 0. The molecule has 0 aromatic carbocycles. The van der Waals surface area contributed by atoms with Crippen molar-refractivity contribution in [1.29, 1.82) is 0 Å². The molecule has 0 saturated heterocycles. The molecule has 9 nitrogen and oxygen atoms in total. The fraction of sp³-hybridized carbons (Fsp3) is 0.785. The molecule has 0 aliphatic carbocycles. The quantitative estimate of drug-likeness (QED) is 0.0264. The maximum atomic E-state index is 12.7. The summed E-state index contributed by atoms with van der Waals surface area (Å²) in [5, 5.41) is 0. The minimum Gasteiger partial charge on any atom is -0.462 e. The van der Waals surface area contributed by atoms with E-state index in [1.165, 1.54) is 186 Å². The van der Waals surface area contributed by atoms with Crippen molar-refractivity contribution in [2.45, 2.75) is 302 Å². The van der Waals surface area contributed by atoms with E-state index in [2.05, 4.69) is 86.8 Å². The summed E-state index contributed by atoms with van der Waals surface area (Å²) >= 11 is 0. The van der Waals surface area contributed by atoms with Crippen molar-refractivity contribution in [3.8, 4) is 0 Å². The summed E-state index contributed by atoms with van der Waals surface area (Å²) in [5.74, 6) is -0.848. The number of rotatable bonds is 59. The topological polar surface area (TPSA) is 134 Å². The lowest BCUT2D eigenvalue weighted by molar-refractivity contribution is -0.161. The molecule has 2 unspecified atom stereocenters. The van der Waals surface area contributed by atoms with Crippen molar-refractivity contribution < 1.29 is 37.6 Å². The highest BCUT2D eigenvalue weighted by Crippen LogP contribution is 2.43. The van der Waals surface area contributed by atoms with E-state index in [1.54, 1.807) is 0 Å². The number of nitrogens with two attached hydrogens (primary N) is 1. The van der Waals surface area contributed by atoms with Crippen LogP contribution in [0, 0.1) is 0 Å². The second-order valence-corrected chi connectivity index (χ2v) is 22.3. The third-order valence-corrected chi connectivity index (χ3v) is 14.6. The molecule has 0 heterocycles. The Kier molecular flexibility index (Phi) is 58.6. The van der Waals surface area contributed by atoms with Crippen molar-refractivity contribution in [2.24, 2.45) is 5.73 Å². The lowest BCUT2D eigenvalue weighted by Gasteiger charge is -2.19. The molecule has 0 amide bonds. The van der Waals surface area contributed by atoms with Gasteiger partial charge in [0, 0.05) is 19.4 Å². The van der Waals surface area contributed by atoms with E-state index in [1.807, 2.05) is 0 Å². The SMILES string of the molecule is CC/C=C\C/C=C\C/C=C\C/C=C\CCCCCCC(=O)OC(COC(=O)CCCCCCCCCCCCCCCCCCCCCCCCCCC/C=C\C/C=C\CCCCCCC)COP(=O)(O)OCCN. The molecular formula is C65H118NO8P. The fourth-order valence-electron chi connectivity index (χ4n) is 8.95. The van der Waals surface area contributed by atoms with Crippen LogP contribution in [0.3, 0.4) is 0 Å². The molecule has 0 aromatic rings. The van der Waals surface area contributed by atoms with Gasteiger partial charge in [0.15, 0.2) is 6.10 Å². The highest BCUT2D eigenvalue weighted by Gasteiger charge is 2.26. The second kappa shape index (κ2) is 60.7. The third-order valence-electron chi connectivity index (χ3n) is 13.6. The first-order valence-corrected chi connectivity index (χ1v) is 32.9. The van der Waals surface area contributed by atoms with Gasteiger partial charge in [0.05, 0.1) is 13.2 Å². The molecule has 0 fully saturated rings. The molecule has 0 saturated carbocycles. The number of allylic oxidation sites excluding steroid dienone is 12. The van der Waals surface area contributed by atoms with Crippen LogP contribution >= 0.6 is 7.82 Å². The van der Waals surface area contributed by atoms with Crippen molar-refractivity contribution in [3.05, 3.63) is 72.9 Å². The van der Waals surface area contributed by atoms with Crippen LogP contribution in [0.5, 0.6) is 0 Å². The Labute approximate surface area is 462 Å². The maximum Gasteiger partial charge on any atom is 0.472 e. The van der Waals surface area contributed by atoms with Crippen LogP contribution in [-0.2, 0) is 32.7 Å². The molecule has 0 rings (SSSR count). The van der Waals surface area contributed by atoms with E-state index in [0.717, 1.165) is 77.0 Å². The van der Waals surface area contributed by atoms with Crippen LogP contribution in [0.2, 0.25) is 0 Å². The smallest absolute Gasteiger partial charge is 0.462 e. The second-order valence-electron chi connectivity index (χ2n) is 20.9. The zero-order chi connectivity index (χ0) is 54.5. The predicted octanol–water partition coefficient (Wildman–Crippen LogP) is 20.1. The molecule has 0 spiro atoms. The molecular weight excluding hydrogens is 954 g/mol. The first kappa shape index (κ1) is 72.5. The van der Waals surface area contributed by atoms with Crippen LogP contribution in [0.1, 0.15) is 296 Å². The van der Waals surface area contributed by atoms with E-state index in [0.29, 0.717) is 6.42 Å². The van der Waals surface area contributed by atoms with Crippen molar-refractivity contribution in [2.75, 3.05) is 26.4 Å². The van der Waals surface area contributed by atoms with Gasteiger partial charge in [0.2, 0.25) is 0 Å². The molecule has 0 aliphatic heterocycles. The lowest BCUT2D eigenvalue weighted by atomic mass is 10.0. The molecule has 0 bridgehead atoms. The number of carbonyl (C=O) groups excluding carboxylic acids is 2. The van der Waals surface area contributed by atoms with Crippen molar-refractivity contribution in [1.82, 2.24) is 0 Å². The number of hydrogen-bond acceptors (Lipinski definition) is 8. The molecule has 10 heteroatoms. The van der Waals surface area contributed by atoms with Gasteiger partial charge in [-0.25, -0.2) is 4.57 Å². The van der Waals surface area contributed by atoms with E-state index in [4.69, 9.17) is 24.3 Å². The van der Waals surface area contributed by atoms with Gasteiger partial charge in [0.25, 0.3) is 0 Å². The number of esters is 2. The highest BCUT2D eigenvalue weighted by molar-refractivity contribution is 7.47. The summed E-state index contributed by atoms with van der Waals surface area (Å²) in [7, 11) is -4.40. The van der Waals surface area contributed by atoms with E-state index in [-0.39, 0.29) is 38.6 Å². The van der Waals surface area contributed by atoms with Gasteiger partial charge in [-0.2, -0.15) is 0 Å². The minimum absolute atomic E-state index is 0.0475. The first-order valence-electron chi connectivity index (χ1n) is 31.4. The molecule has 75 heavy (non-hydrogen) atoms.